The molecule has 0 atom stereocenters. The lowest BCUT2D eigenvalue weighted by molar-refractivity contribution is -0.138. The minimum atomic E-state index is -0.312. The van der Waals surface area contributed by atoms with E-state index in [9.17, 15) is 4.79 Å². The molecule has 0 aromatic rings. The first-order chi connectivity index (χ1) is 7.95. The second-order valence-corrected chi connectivity index (χ2v) is 4.36. The van der Waals surface area contributed by atoms with E-state index in [0.29, 0.717) is 12.2 Å². The molecule has 0 fully saturated rings. The molecule has 0 bridgehead atoms. The number of hydrogen-bond acceptors (Lipinski definition) is 3. The number of rotatable bonds is 7. The van der Waals surface area contributed by atoms with Gasteiger partial charge >= 0.3 is 5.97 Å². The molecule has 0 N–H and O–H groups in total. The Labute approximate surface area is 107 Å². The van der Waals surface area contributed by atoms with Crippen molar-refractivity contribution in [1.82, 2.24) is 4.90 Å². The lowest BCUT2D eigenvalue weighted by Crippen LogP contribution is -2.12. The molecular weight excluding hydrogens is 214 g/mol. The molecule has 0 aromatic carbocycles. The van der Waals surface area contributed by atoms with Crippen LogP contribution in [-0.2, 0) is 9.53 Å². The van der Waals surface area contributed by atoms with E-state index in [4.69, 9.17) is 0 Å². The summed E-state index contributed by atoms with van der Waals surface area (Å²) < 4.78 is 4.56. The number of ether oxygens (including phenoxy) is 1. The first-order valence-corrected chi connectivity index (χ1v) is 6.43. The minimum absolute atomic E-state index is 0.312. The van der Waals surface area contributed by atoms with Gasteiger partial charge in [0, 0.05) is 5.57 Å². The van der Waals surface area contributed by atoms with Crippen molar-refractivity contribution in [2.24, 2.45) is 0 Å². The van der Waals surface area contributed by atoms with Crippen molar-refractivity contribution in [2.75, 3.05) is 27.2 Å². The topological polar surface area (TPSA) is 29.5 Å². The lowest BCUT2D eigenvalue weighted by atomic mass is 10.2. The fourth-order valence-corrected chi connectivity index (χ4v) is 1.11. The Bertz CT molecular complexity index is 200. The summed E-state index contributed by atoms with van der Waals surface area (Å²) in [5.74, 6) is -0.312. The van der Waals surface area contributed by atoms with Gasteiger partial charge in [-0.05, 0) is 40.9 Å². The van der Waals surface area contributed by atoms with Crippen LogP contribution in [0.3, 0.4) is 0 Å². The maximum absolute atomic E-state index is 10.4. The SMILES string of the molecule is C=C(C)C(=O)OCC.CCCCCCN(C)C. The van der Waals surface area contributed by atoms with Crippen LogP contribution in [0.1, 0.15) is 46.5 Å². The molecule has 17 heavy (non-hydrogen) atoms. The van der Waals surface area contributed by atoms with Crippen molar-refractivity contribution < 1.29 is 9.53 Å². The average Bonchev–Trinajstić information content (AvgIpc) is 2.25. The molecule has 3 heteroatoms. The summed E-state index contributed by atoms with van der Waals surface area (Å²) >= 11 is 0. The van der Waals surface area contributed by atoms with E-state index in [1.165, 1.54) is 32.2 Å². The molecule has 0 amide bonds. The summed E-state index contributed by atoms with van der Waals surface area (Å²) in [7, 11) is 4.26. The van der Waals surface area contributed by atoms with Gasteiger partial charge in [0.2, 0.25) is 0 Å². The predicted molar refractivity (Wildman–Crippen MR) is 74.1 cm³/mol. The Kier molecular flexibility index (Phi) is 14.4. The number of nitrogens with zero attached hydrogens (tertiary/aromatic N) is 1. The molecule has 0 saturated carbocycles. The zero-order valence-corrected chi connectivity index (χ0v) is 12.2. The van der Waals surface area contributed by atoms with Crippen LogP contribution in [0.4, 0.5) is 0 Å². The zero-order chi connectivity index (χ0) is 13.7. The standard InChI is InChI=1S/C8H19N.C6H10O2/c1-4-5-6-7-8-9(2)3;1-4-8-6(7)5(2)3/h4-8H2,1-3H3;2,4H2,1,3H3. The third-order valence-corrected chi connectivity index (χ3v) is 2.08. The van der Waals surface area contributed by atoms with Gasteiger partial charge in [0.15, 0.2) is 0 Å². The van der Waals surface area contributed by atoms with Gasteiger partial charge in [0.1, 0.15) is 0 Å². The van der Waals surface area contributed by atoms with Gasteiger partial charge < -0.3 is 9.64 Å². The van der Waals surface area contributed by atoms with Gasteiger partial charge in [-0.3, -0.25) is 0 Å². The molecule has 0 aliphatic rings. The van der Waals surface area contributed by atoms with Crippen molar-refractivity contribution >= 4 is 5.97 Å². The molecule has 0 aliphatic heterocycles. The normalized spacial score (nSPS) is 9.53. The third-order valence-electron chi connectivity index (χ3n) is 2.08. The third kappa shape index (κ3) is 17.8. The Morgan fingerprint density at radius 1 is 1.18 bits per heavy atom. The van der Waals surface area contributed by atoms with E-state index in [0.717, 1.165) is 0 Å². The second-order valence-electron chi connectivity index (χ2n) is 4.36. The highest BCUT2D eigenvalue weighted by Crippen LogP contribution is 1.98. The molecule has 0 aliphatic carbocycles. The van der Waals surface area contributed by atoms with Gasteiger partial charge in [0.05, 0.1) is 6.61 Å². The fourth-order valence-electron chi connectivity index (χ4n) is 1.11. The molecule has 0 spiro atoms. The monoisotopic (exact) mass is 243 g/mol. The van der Waals surface area contributed by atoms with Crippen molar-refractivity contribution in [1.29, 1.82) is 0 Å². The van der Waals surface area contributed by atoms with Crippen LogP contribution in [0.25, 0.3) is 0 Å². The molecule has 0 saturated heterocycles. The van der Waals surface area contributed by atoms with E-state index >= 15 is 0 Å². The molecule has 0 unspecified atom stereocenters. The summed E-state index contributed by atoms with van der Waals surface area (Å²) in [6.07, 6.45) is 5.50. The molecule has 0 radical (unpaired) electrons. The number of carbonyl (C=O) groups is 1. The van der Waals surface area contributed by atoms with Crippen LogP contribution in [0, 0.1) is 0 Å². The zero-order valence-electron chi connectivity index (χ0n) is 12.2. The number of hydrogen-bond donors (Lipinski definition) is 0. The van der Waals surface area contributed by atoms with E-state index in [1.54, 1.807) is 13.8 Å². The largest absolute Gasteiger partial charge is 0.463 e. The van der Waals surface area contributed by atoms with E-state index in [-0.39, 0.29) is 5.97 Å². The Morgan fingerprint density at radius 3 is 2.06 bits per heavy atom. The number of carbonyl (C=O) groups excluding carboxylic acids is 1. The van der Waals surface area contributed by atoms with Crippen LogP contribution >= 0.6 is 0 Å². The van der Waals surface area contributed by atoms with Crippen LogP contribution in [-0.4, -0.2) is 38.1 Å². The maximum Gasteiger partial charge on any atom is 0.333 e. The van der Waals surface area contributed by atoms with E-state index < -0.39 is 0 Å². The van der Waals surface area contributed by atoms with Crippen molar-refractivity contribution in [3.8, 4) is 0 Å². The minimum Gasteiger partial charge on any atom is -0.463 e. The summed E-state index contributed by atoms with van der Waals surface area (Å²) in [5, 5.41) is 0. The quantitative estimate of drug-likeness (QED) is 0.390. The van der Waals surface area contributed by atoms with Crippen LogP contribution in [0.2, 0.25) is 0 Å². The highest BCUT2D eigenvalue weighted by molar-refractivity contribution is 5.86. The van der Waals surface area contributed by atoms with Crippen molar-refractivity contribution in [3.63, 3.8) is 0 Å². The lowest BCUT2D eigenvalue weighted by Gasteiger charge is -2.07. The number of esters is 1. The van der Waals surface area contributed by atoms with Crippen molar-refractivity contribution in [2.45, 2.75) is 46.5 Å². The smallest absolute Gasteiger partial charge is 0.333 e. The van der Waals surface area contributed by atoms with Crippen LogP contribution in [0.15, 0.2) is 12.2 Å². The Morgan fingerprint density at radius 2 is 1.76 bits per heavy atom. The fraction of sp³-hybridized carbons (Fsp3) is 0.786. The van der Waals surface area contributed by atoms with Gasteiger partial charge in [-0.15, -0.1) is 0 Å². The summed E-state index contributed by atoms with van der Waals surface area (Å²) in [6, 6.07) is 0. The predicted octanol–water partition coefficient (Wildman–Crippen LogP) is 3.25. The van der Waals surface area contributed by atoms with Crippen molar-refractivity contribution in [3.05, 3.63) is 12.2 Å². The Balaban J connectivity index is 0. The van der Waals surface area contributed by atoms with Gasteiger partial charge in [-0.2, -0.15) is 0 Å². The van der Waals surface area contributed by atoms with Gasteiger partial charge in [-0.1, -0.05) is 32.8 Å². The molecule has 102 valence electrons. The average molecular weight is 243 g/mol. The molecule has 0 aromatic heterocycles. The second kappa shape index (κ2) is 13.2. The van der Waals surface area contributed by atoms with E-state index in [2.05, 4.69) is 37.2 Å². The summed E-state index contributed by atoms with van der Waals surface area (Å²) in [4.78, 5) is 12.7. The highest BCUT2D eigenvalue weighted by atomic mass is 16.5. The summed E-state index contributed by atoms with van der Waals surface area (Å²) in [6.45, 7) is 10.7. The molecule has 3 nitrogen and oxygen atoms in total. The molecular formula is C14H29NO2. The summed E-state index contributed by atoms with van der Waals surface area (Å²) in [5.41, 5.74) is 0.451. The molecule has 0 heterocycles. The highest BCUT2D eigenvalue weighted by Gasteiger charge is 1.98. The van der Waals surface area contributed by atoms with E-state index in [1.807, 2.05) is 0 Å². The van der Waals surface area contributed by atoms with Gasteiger partial charge in [0.25, 0.3) is 0 Å². The van der Waals surface area contributed by atoms with Crippen LogP contribution in [0.5, 0.6) is 0 Å². The van der Waals surface area contributed by atoms with Gasteiger partial charge in [-0.25, -0.2) is 4.79 Å². The van der Waals surface area contributed by atoms with Crippen LogP contribution < -0.4 is 0 Å². The number of unbranched alkanes of at least 4 members (excludes halogenated alkanes) is 3. The Hall–Kier alpha value is -0.830. The first kappa shape index (κ1) is 18.5. The maximum atomic E-state index is 10.4. The first-order valence-electron chi connectivity index (χ1n) is 6.43. The molecule has 0 rings (SSSR count).